The molecule has 1 aromatic heterocycles. The smallest absolute Gasteiger partial charge is 0.244 e. The van der Waals surface area contributed by atoms with Crippen LogP contribution in [-0.4, -0.2) is 33.4 Å². The second-order valence-corrected chi connectivity index (χ2v) is 5.09. The van der Waals surface area contributed by atoms with Crippen LogP contribution in [-0.2, 0) is 4.79 Å². The Kier molecular flexibility index (Phi) is 4.36. The SMILES string of the molecule is CC(C(=O)NCC1CCCC(O)C1)n1cccn1. The molecule has 5 heteroatoms. The predicted octanol–water partition coefficient (Wildman–Crippen LogP) is 1.11. The van der Waals surface area contributed by atoms with Gasteiger partial charge in [-0.3, -0.25) is 9.48 Å². The van der Waals surface area contributed by atoms with E-state index >= 15 is 0 Å². The highest BCUT2D eigenvalue weighted by molar-refractivity contribution is 5.79. The lowest BCUT2D eigenvalue weighted by Crippen LogP contribution is -2.36. The van der Waals surface area contributed by atoms with Crippen LogP contribution in [0.5, 0.6) is 0 Å². The molecule has 18 heavy (non-hydrogen) atoms. The van der Waals surface area contributed by atoms with Gasteiger partial charge in [0.05, 0.1) is 6.10 Å². The Balaban J connectivity index is 1.77. The van der Waals surface area contributed by atoms with E-state index in [1.165, 1.54) is 0 Å². The highest BCUT2D eigenvalue weighted by Gasteiger charge is 2.22. The summed E-state index contributed by atoms with van der Waals surface area (Å²) in [6.07, 6.45) is 7.11. The van der Waals surface area contributed by atoms with E-state index in [1.54, 1.807) is 23.1 Å². The van der Waals surface area contributed by atoms with Crippen LogP contribution >= 0.6 is 0 Å². The Morgan fingerprint density at radius 1 is 1.61 bits per heavy atom. The maximum Gasteiger partial charge on any atom is 0.244 e. The van der Waals surface area contributed by atoms with Crippen LogP contribution in [0.2, 0.25) is 0 Å². The summed E-state index contributed by atoms with van der Waals surface area (Å²) < 4.78 is 1.64. The third-order valence-corrected chi connectivity index (χ3v) is 3.62. The predicted molar refractivity (Wildman–Crippen MR) is 67.9 cm³/mol. The Morgan fingerprint density at radius 2 is 2.44 bits per heavy atom. The molecule has 2 N–H and O–H groups in total. The lowest BCUT2D eigenvalue weighted by molar-refractivity contribution is -0.124. The van der Waals surface area contributed by atoms with Gasteiger partial charge in [-0.2, -0.15) is 5.10 Å². The molecule has 1 fully saturated rings. The molecular weight excluding hydrogens is 230 g/mol. The minimum Gasteiger partial charge on any atom is -0.393 e. The molecule has 1 aliphatic carbocycles. The number of carbonyl (C=O) groups excluding carboxylic acids is 1. The second kappa shape index (κ2) is 6.00. The second-order valence-electron chi connectivity index (χ2n) is 5.09. The summed E-state index contributed by atoms with van der Waals surface area (Å²) in [5.74, 6) is 0.390. The number of amides is 1. The summed E-state index contributed by atoms with van der Waals surface area (Å²) in [7, 11) is 0. The van der Waals surface area contributed by atoms with Crippen molar-refractivity contribution in [1.82, 2.24) is 15.1 Å². The van der Waals surface area contributed by atoms with Crippen molar-refractivity contribution in [2.24, 2.45) is 5.92 Å². The summed E-state index contributed by atoms with van der Waals surface area (Å²) in [5, 5.41) is 16.6. The van der Waals surface area contributed by atoms with Crippen molar-refractivity contribution < 1.29 is 9.90 Å². The number of aromatic nitrogens is 2. The molecule has 1 aliphatic rings. The lowest BCUT2D eigenvalue weighted by Gasteiger charge is -2.26. The largest absolute Gasteiger partial charge is 0.393 e. The first-order valence-corrected chi connectivity index (χ1v) is 6.61. The van der Waals surface area contributed by atoms with Gasteiger partial charge in [-0.15, -0.1) is 0 Å². The molecule has 2 rings (SSSR count). The van der Waals surface area contributed by atoms with Crippen molar-refractivity contribution in [1.29, 1.82) is 0 Å². The Labute approximate surface area is 107 Å². The third kappa shape index (κ3) is 3.32. The molecule has 1 heterocycles. The van der Waals surface area contributed by atoms with Crippen molar-refractivity contribution in [3.63, 3.8) is 0 Å². The maximum atomic E-state index is 11.9. The number of nitrogens with one attached hydrogen (secondary N) is 1. The monoisotopic (exact) mass is 251 g/mol. The molecule has 1 saturated carbocycles. The van der Waals surface area contributed by atoms with Gasteiger partial charge in [-0.25, -0.2) is 0 Å². The molecular formula is C13H21N3O2. The molecule has 0 bridgehead atoms. The topological polar surface area (TPSA) is 67.2 Å². The minimum absolute atomic E-state index is 0.0150. The van der Waals surface area contributed by atoms with Crippen LogP contribution in [0.15, 0.2) is 18.5 Å². The minimum atomic E-state index is -0.284. The van der Waals surface area contributed by atoms with Crippen LogP contribution in [0.4, 0.5) is 0 Å². The Hall–Kier alpha value is -1.36. The van der Waals surface area contributed by atoms with Gasteiger partial charge in [0.2, 0.25) is 5.91 Å². The number of aliphatic hydroxyl groups is 1. The number of nitrogens with zero attached hydrogens (tertiary/aromatic N) is 2. The van der Waals surface area contributed by atoms with Crippen molar-refractivity contribution in [2.75, 3.05) is 6.54 Å². The Morgan fingerprint density at radius 3 is 3.11 bits per heavy atom. The number of hydrogen-bond donors (Lipinski definition) is 2. The van der Waals surface area contributed by atoms with Crippen molar-refractivity contribution >= 4 is 5.91 Å². The van der Waals surface area contributed by atoms with E-state index in [9.17, 15) is 9.90 Å². The molecule has 3 unspecified atom stereocenters. The molecule has 0 radical (unpaired) electrons. The fourth-order valence-electron chi connectivity index (χ4n) is 2.47. The van der Waals surface area contributed by atoms with Crippen LogP contribution in [0.1, 0.15) is 38.6 Å². The van der Waals surface area contributed by atoms with Crippen LogP contribution in [0.25, 0.3) is 0 Å². The average Bonchev–Trinajstić information content (AvgIpc) is 2.89. The quantitative estimate of drug-likeness (QED) is 0.842. The molecule has 0 aromatic carbocycles. The molecule has 1 amide bonds. The number of carbonyl (C=O) groups is 1. The molecule has 5 nitrogen and oxygen atoms in total. The summed E-state index contributed by atoms with van der Waals surface area (Å²) in [6.45, 7) is 2.49. The molecule has 3 atom stereocenters. The fourth-order valence-corrected chi connectivity index (χ4v) is 2.47. The third-order valence-electron chi connectivity index (χ3n) is 3.62. The van der Waals surface area contributed by atoms with Gasteiger partial charge >= 0.3 is 0 Å². The zero-order chi connectivity index (χ0) is 13.0. The maximum absolute atomic E-state index is 11.9. The van der Waals surface area contributed by atoms with Gasteiger partial charge in [-0.1, -0.05) is 6.42 Å². The summed E-state index contributed by atoms with van der Waals surface area (Å²) in [4.78, 5) is 11.9. The van der Waals surface area contributed by atoms with E-state index < -0.39 is 0 Å². The number of rotatable bonds is 4. The van der Waals surface area contributed by atoms with E-state index in [0.29, 0.717) is 12.5 Å². The first-order chi connectivity index (χ1) is 8.66. The van der Waals surface area contributed by atoms with E-state index in [1.807, 2.05) is 6.92 Å². The number of aliphatic hydroxyl groups excluding tert-OH is 1. The van der Waals surface area contributed by atoms with Gasteiger partial charge in [0.25, 0.3) is 0 Å². The summed E-state index contributed by atoms with van der Waals surface area (Å²) in [5.41, 5.74) is 0. The van der Waals surface area contributed by atoms with Gasteiger partial charge in [0, 0.05) is 18.9 Å². The number of hydrogen-bond acceptors (Lipinski definition) is 3. The zero-order valence-electron chi connectivity index (χ0n) is 10.7. The molecule has 1 aromatic rings. The Bertz CT molecular complexity index is 378. The average molecular weight is 251 g/mol. The van der Waals surface area contributed by atoms with E-state index in [-0.39, 0.29) is 18.1 Å². The van der Waals surface area contributed by atoms with Crippen LogP contribution in [0, 0.1) is 5.92 Å². The molecule has 0 saturated heterocycles. The van der Waals surface area contributed by atoms with Crippen molar-refractivity contribution in [2.45, 2.75) is 44.8 Å². The normalized spacial score (nSPS) is 25.7. The van der Waals surface area contributed by atoms with E-state index in [0.717, 1.165) is 25.7 Å². The van der Waals surface area contributed by atoms with Crippen LogP contribution in [0.3, 0.4) is 0 Å². The van der Waals surface area contributed by atoms with Crippen molar-refractivity contribution in [3.05, 3.63) is 18.5 Å². The highest BCUT2D eigenvalue weighted by atomic mass is 16.3. The highest BCUT2D eigenvalue weighted by Crippen LogP contribution is 2.23. The van der Waals surface area contributed by atoms with Gasteiger partial charge < -0.3 is 10.4 Å². The van der Waals surface area contributed by atoms with E-state index in [4.69, 9.17) is 0 Å². The fraction of sp³-hybridized carbons (Fsp3) is 0.692. The van der Waals surface area contributed by atoms with E-state index in [2.05, 4.69) is 10.4 Å². The van der Waals surface area contributed by atoms with Crippen LogP contribution < -0.4 is 5.32 Å². The first-order valence-electron chi connectivity index (χ1n) is 6.61. The standard InChI is InChI=1S/C13H21N3O2/c1-10(16-7-3-6-15-16)13(18)14-9-11-4-2-5-12(17)8-11/h3,6-7,10-12,17H,2,4-5,8-9H2,1H3,(H,14,18). The molecule has 100 valence electrons. The van der Waals surface area contributed by atoms with Crippen molar-refractivity contribution in [3.8, 4) is 0 Å². The summed E-state index contributed by atoms with van der Waals surface area (Å²) in [6, 6.07) is 1.52. The lowest BCUT2D eigenvalue weighted by atomic mass is 9.87. The molecule has 0 aliphatic heterocycles. The summed E-state index contributed by atoms with van der Waals surface area (Å²) >= 11 is 0. The zero-order valence-corrected chi connectivity index (χ0v) is 10.7. The molecule has 0 spiro atoms. The van der Waals surface area contributed by atoms with Gasteiger partial charge in [0.15, 0.2) is 0 Å². The first kappa shape index (κ1) is 13.1. The van der Waals surface area contributed by atoms with Gasteiger partial charge in [-0.05, 0) is 38.2 Å². The van der Waals surface area contributed by atoms with Gasteiger partial charge in [0.1, 0.15) is 6.04 Å².